The summed E-state index contributed by atoms with van der Waals surface area (Å²) in [4.78, 5) is 0. The summed E-state index contributed by atoms with van der Waals surface area (Å²) in [6.07, 6.45) is 28.9. The Morgan fingerprint density at radius 3 is 1.22 bits per heavy atom. The first kappa shape index (κ1) is 25.0. The summed E-state index contributed by atoms with van der Waals surface area (Å²) in [5.74, 6) is 1.22. The van der Waals surface area contributed by atoms with E-state index in [4.69, 9.17) is 0 Å². The largest absolute Gasteiger partial charge is 0.393 e. The van der Waals surface area contributed by atoms with Gasteiger partial charge < -0.3 is 5.11 Å². The van der Waals surface area contributed by atoms with E-state index in [9.17, 15) is 5.11 Å². The predicted octanol–water partition coefficient (Wildman–Crippen LogP) is 8.83. The minimum atomic E-state index is 0.00728. The van der Waals surface area contributed by atoms with Crippen LogP contribution in [0.15, 0.2) is 0 Å². The normalized spacial score (nSPS) is 23.0. The van der Waals surface area contributed by atoms with Gasteiger partial charge in [0.05, 0.1) is 6.10 Å². The molecule has 2 atom stereocenters. The topological polar surface area (TPSA) is 20.2 Å². The lowest BCUT2D eigenvalue weighted by atomic mass is 9.74. The van der Waals surface area contributed by atoms with Crippen LogP contribution in [-0.4, -0.2) is 11.2 Å². The average molecular weight is 381 g/mol. The van der Waals surface area contributed by atoms with Crippen molar-refractivity contribution < 1.29 is 5.11 Å². The van der Waals surface area contributed by atoms with Gasteiger partial charge in [0, 0.05) is 0 Å². The minimum absolute atomic E-state index is 0.00728. The van der Waals surface area contributed by atoms with Crippen LogP contribution >= 0.6 is 0 Å². The van der Waals surface area contributed by atoms with Crippen LogP contribution in [0.2, 0.25) is 0 Å². The number of aliphatic hydroxyl groups excluding tert-OH is 1. The van der Waals surface area contributed by atoms with Gasteiger partial charge in [-0.25, -0.2) is 0 Å². The van der Waals surface area contributed by atoms with Gasteiger partial charge in [-0.2, -0.15) is 0 Å². The molecule has 0 saturated heterocycles. The van der Waals surface area contributed by atoms with Gasteiger partial charge in [-0.15, -0.1) is 0 Å². The molecule has 1 saturated carbocycles. The van der Waals surface area contributed by atoms with Crippen LogP contribution in [0.5, 0.6) is 0 Å². The molecule has 1 aliphatic rings. The van der Waals surface area contributed by atoms with Crippen molar-refractivity contribution >= 4 is 0 Å². The molecule has 0 radical (unpaired) electrons. The number of unbranched alkanes of at least 4 members (excludes halogenated alkanes) is 14. The summed E-state index contributed by atoms with van der Waals surface area (Å²) in [5.41, 5.74) is 0. The highest BCUT2D eigenvalue weighted by Crippen LogP contribution is 2.35. The Morgan fingerprint density at radius 1 is 0.519 bits per heavy atom. The molecule has 1 nitrogen and oxygen atoms in total. The van der Waals surface area contributed by atoms with E-state index < -0.39 is 0 Å². The molecule has 27 heavy (non-hydrogen) atoms. The summed E-state index contributed by atoms with van der Waals surface area (Å²) in [5, 5.41) is 10.8. The zero-order valence-corrected chi connectivity index (χ0v) is 19.0. The van der Waals surface area contributed by atoms with Crippen LogP contribution in [0.4, 0.5) is 0 Å². The summed E-state index contributed by atoms with van der Waals surface area (Å²) in [6.45, 7) is 4.58. The van der Waals surface area contributed by atoms with Crippen LogP contribution in [0.1, 0.15) is 149 Å². The van der Waals surface area contributed by atoms with Crippen molar-refractivity contribution in [1.29, 1.82) is 0 Å². The third kappa shape index (κ3) is 12.9. The third-order valence-electron chi connectivity index (χ3n) is 6.97. The van der Waals surface area contributed by atoms with Crippen molar-refractivity contribution in [3.8, 4) is 0 Å². The molecule has 0 aromatic heterocycles. The van der Waals surface area contributed by atoms with E-state index >= 15 is 0 Å². The Bertz CT molecular complexity index is 273. The minimum Gasteiger partial charge on any atom is -0.393 e. The SMILES string of the molecule is CCCCCCCCCCC1CCCC(CCCCCCCCCC)C1O. The number of aliphatic hydroxyl groups is 1. The summed E-state index contributed by atoms with van der Waals surface area (Å²) < 4.78 is 0. The van der Waals surface area contributed by atoms with E-state index in [0.717, 1.165) is 0 Å². The lowest BCUT2D eigenvalue weighted by Crippen LogP contribution is -2.33. The maximum Gasteiger partial charge on any atom is 0.0596 e. The average Bonchev–Trinajstić information content (AvgIpc) is 2.68. The highest BCUT2D eigenvalue weighted by Gasteiger charge is 2.30. The van der Waals surface area contributed by atoms with Gasteiger partial charge in [-0.3, -0.25) is 0 Å². The van der Waals surface area contributed by atoms with Gasteiger partial charge in [0.2, 0.25) is 0 Å². The van der Waals surface area contributed by atoms with Gasteiger partial charge in [0.25, 0.3) is 0 Å². The van der Waals surface area contributed by atoms with Gasteiger partial charge in [0.1, 0.15) is 0 Å². The van der Waals surface area contributed by atoms with Gasteiger partial charge in [0.15, 0.2) is 0 Å². The molecule has 0 bridgehead atoms. The second kappa shape index (κ2) is 18.0. The molecular weight excluding hydrogens is 328 g/mol. The molecule has 1 N–H and O–H groups in total. The van der Waals surface area contributed by atoms with Gasteiger partial charge >= 0.3 is 0 Å². The second-order valence-electron chi connectivity index (χ2n) is 9.47. The highest BCUT2D eigenvalue weighted by atomic mass is 16.3. The molecule has 1 aliphatic carbocycles. The third-order valence-corrected chi connectivity index (χ3v) is 6.97. The molecule has 0 amide bonds. The number of hydrogen-bond donors (Lipinski definition) is 1. The molecule has 0 aromatic rings. The van der Waals surface area contributed by atoms with E-state index in [-0.39, 0.29) is 6.10 Å². The Morgan fingerprint density at radius 2 is 0.852 bits per heavy atom. The van der Waals surface area contributed by atoms with E-state index in [0.29, 0.717) is 11.8 Å². The standard InChI is InChI=1S/C26H52O/c1-3-5-7-9-11-13-15-17-20-24-22-19-23-25(26(24)27)21-18-16-14-12-10-8-6-4-2/h24-27H,3-23H2,1-2H3. The fourth-order valence-electron chi connectivity index (χ4n) is 5.08. The molecule has 2 unspecified atom stereocenters. The van der Waals surface area contributed by atoms with Crippen LogP contribution in [0.3, 0.4) is 0 Å². The number of hydrogen-bond acceptors (Lipinski definition) is 1. The van der Waals surface area contributed by atoms with E-state index in [1.54, 1.807) is 0 Å². The molecule has 1 fully saturated rings. The molecule has 1 rings (SSSR count). The van der Waals surface area contributed by atoms with Crippen molar-refractivity contribution in [1.82, 2.24) is 0 Å². The molecule has 0 aliphatic heterocycles. The highest BCUT2D eigenvalue weighted by molar-refractivity contribution is 4.82. The first-order valence-electron chi connectivity index (χ1n) is 13.0. The van der Waals surface area contributed by atoms with Crippen molar-refractivity contribution in [2.75, 3.05) is 0 Å². The summed E-state index contributed by atoms with van der Waals surface area (Å²) >= 11 is 0. The summed E-state index contributed by atoms with van der Waals surface area (Å²) in [7, 11) is 0. The second-order valence-corrected chi connectivity index (χ2v) is 9.47. The Hall–Kier alpha value is -0.0400. The number of rotatable bonds is 18. The van der Waals surface area contributed by atoms with Crippen LogP contribution in [0, 0.1) is 11.8 Å². The molecule has 0 spiro atoms. The lowest BCUT2D eigenvalue weighted by Gasteiger charge is -2.35. The van der Waals surface area contributed by atoms with E-state index in [1.807, 2.05) is 0 Å². The Balaban J connectivity index is 2.02. The van der Waals surface area contributed by atoms with E-state index in [1.165, 1.54) is 135 Å². The molecule has 0 heterocycles. The fraction of sp³-hybridized carbons (Fsp3) is 1.00. The fourth-order valence-corrected chi connectivity index (χ4v) is 5.08. The smallest absolute Gasteiger partial charge is 0.0596 e. The molecule has 162 valence electrons. The van der Waals surface area contributed by atoms with Gasteiger partial charge in [-0.05, 0) is 37.5 Å². The van der Waals surface area contributed by atoms with Crippen molar-refractivity contribution in [2.45, 2.75) is 155 Å². The monoisotopic (exact) mass is 380 g/mol. The van der Waals surface area contributed by atoms with Crippen LogP contribution in [0.25, 0.3) is 0 Å². The first-order chi connectivity index (χ1) is 13.3. The Labute approximate surface area is 172 Å². The zero-order chi connectivity index (χ0) is 19.6. The van der Waals surface area contributed by atoms with Crippen LogP contribution in [-0.2, 0) is 0 Å². The van der Waals surface area contributed by atoms with Crippen molar-refractivity contribution in [3.05, 3.63) is 0 Å². The zero-order valence-electron chi connectivity index (χ0n) is 19.0. The Kier molecular flexibility index (Phi) is 16.7. The summed E-state index contributed by atoms with van der Waals surface area (Å²) in [6, 6.07) is 0. The molecule has 1 heteroatoms. The van der Waals surface area contributed by atoms with Gasteiger partial charge in [-0.1, -0.05) is 123 Å². The molecule has 0 aromatic carbocycles. The van der Waals surface area contributed by atoms with Crippen molar-refractivity contribution in [2.24, 2.45) is 11.8 Å². The van der Waals surface area contributed by atoms with Crippen molar-refractivity contribution in [3.63, 3.8) is 0 Å². The quantitative estimate of drug-likeness (QED) is 0.235. The van der Waals surface area contributed by atoms with Crippen LogP contribution < -0.4 is 0 Å². The van der Waals surface area contributed by atoms with E-state index in [2.05, 4.69) is 13.8 Å². The maximum absolute atomic E-state index is 10.8. The predicted molar refractivity (Wildman–Crippen MR) is 121 cm³/mol. The maximum atomic E-state index is 10.8. The molecular formula is C26H52O. The first-order valence-corrected chi connectivity index (χ1v) is 13.0. The lowest BCUT2D eigenvalue weighted by molar-refractivity contribution is 0.00833.